The third-order valence-corrected chi connectivity index (χ3v) is 5.37. The second-order valence-corrected chi connectivity index (χ2v) is 7.29. The lowest BCUT2D eigenvalue weighted by atomic mass is 9.89. The van der Waals surface area contributed by atoms with Crippen molar-refractivity contribution in [1.29, 1.82) is 0 Å². The summed E-state index contributed by atoms with van der Waals surface area (Å²) in [4.78, 5) is 8.41. The summed E-state index contributed by atoms with van der Waals surface area (Å²) in [5, 5.41) is 4.58. The standard InChI is InChI=1S/C16H29N3OS/c1-13(2)14-5-4-8-19(9-6-14)16-18-12-15(21-16)11-17-7-10-20-3/h12-14,17H,4-11H2,1-3H3. The van der Waals surface area contributed by atoms with Crippen molar-refractivity contribution in [3.8, 4) is 0 Å². The van der Waals surface area contributed by atoms with E-state index in [4.69, 9.17) is 4.74 Å². The van der Waals surface area contributed by atoms with E-state index in [1.165, 1.54) is 29.3 Å². The molecule has 21 heavy (non-hydrogen) atoms. The summed E-state index contributed by atoms with van der Waals surface area (Å²) >= 11 is 1.83. The van der Waals surface area contributed by atoms with Crippen LogP contribution >= 0.6 is 11.3 Å². The Labute approximate surface area is 132 Å². The van der Waals surface area contributed by atoms with Crippen molar-refractivity contribution >= 4 is 16.5 Å². The second kappa shape index (κ2) is 8.71. The van der Waals surface area contributed by atoms with Gasteiger partial charge in [0.2, 0.25) is 0 Å². The van der Waals surface area contributed by atoms with Gasteiger partial charge in [-0.25, -0.2) is 4.98 Å². The minimum absolute atomic E-state index is 0.758. The van der Waals surface area contributed by atoms with Crippen LogP contribution in [0.2, 0.25) is 0 Å². The molecule has 0 spiro atoms. The molecular weight excluding hydrogens is 282 g/mol. The van der Waals surface area contributed by atoms with E-state index in [0.717, 1.165) is 44.6 Å². The van der Waals surface area contributed by atoms with Gasteiger partial charge in [0.25, 0.3) is 0 Å². The zero-order chi connectivity index (χ0) is 15.1. The van der Waals surface area contributed by atoms with Crippen molar-refractivity contribution < 1.29 is 4.74 Å². The number of nitrogens with one attached hydrogen (secondary N) is 1. The van der Waals surface area contributed by atoms with Crippen LogP contribution in [-0.4, -0.2) is 38.3 Å². The van der Waals surface area contributed by atoms with Crippen LogP contribution < -0.4 is 10.2 Å². The molecule has 0 saturated carbocycles. The van der Waals surface area contributed by atoms with Crippen LogP contribution in [-0.2, 0) is 11.3 Å². The zero-order valence-electron chi connectivity index (χ0n) is 13.6. The molecule has 1 unspecified atom stereocenters. The SMILES string of the molecule is COCCNCc1cnc(N2CCCC(C(C)C)CC2)s1. The van der Waals surface area contributed by atoms with Gasteiger partial charge >= 0.3 is 0 Å². The van der Waals surface area contributed by atoms with Gasteiger partial charge < -0.3 is 15.0 Å². The molecule has 1 aromatic heterocycles. The summed E-state index contributed by atoms with van der Waals surface area (Å²) in [5.74, 6) is 1.69. The van der Waals surface area contributed by atoms with Crippen LogP contribution in [0.1, 0.15) is 38.0 Å². The number of hydrogen-bond donors (Lipinski definition) is 1. The lowest BCUT2D eigenvalue weighted by molar-refractivity contribution is 0.199. The number of ether oxygens (including phenoxy) is 1. The Kier molecular flexibility index (Phi) is 6.93. The van der Waals surface area contributed by atoms with Crippen molar-refractivity contribution in [2.45, 2.75) is 39.7 Å². The molecule has 1 saturated heterocycles. The minimum atomic E-state index is 0.758. The van der Waals surface area contributed by atoms with E-state index in [1.807, 2.05) is 17.5 Å². The Morgan fingerprint density at radius 2 is 2.29 bits per heavy atom. The van der Waals surface area contributed by atoms with Gasteiger partial charge in [-0.2, -0.15) is 0 Å². The molecule has 0 aliphatic carbocycles. The van der Waals surface area contributed by atoms with Gasteiger partial charge in [-0.15, -0.1) is 11.3 Å². The lowest BCUT2D eigenvalue weighted by Crippen LogP contribution is -2.24. The van der Waals surface area contributed by atoms with Crippen LogP contribution in [0.3, 0.4) is 0 Å². The quantitative estimate of drug-likeness (QED) is 0.785. The molecule has 0 amide bonds. The lowest BCUT2D eigenvalue weighted by Gasteiger charge is -2.20. The smallest absolute Gasteiger partial charge is 0.185 e. The number of anilines is 1. The van der Waals surface area contributed by atoms with Crippen LogP contribution in [0.5, 0.6) is 0 Å². The molecule has 120 valence electrons. The fourth-order valence-electron chi connectivity index (χ4n) is 2.89. The van der Waals surface area contributed by atoms with Crippen molar-refractivity contribution in [3.63, 3.8) is 0 Å². The molecular formula is C16H29N3OS. The second-order valence-electron chi connectivity index (χ2n) is 6.20. The van der Waals surface area contributed by atoms with Gasteiger partial charge in [0, 0.05) is 44.4 Å². The third-order valence-electron chi connectivity index (χ3n) is 4.31. The fraction of sp³-hybridized carbons (Fsp3) is 0.812. The Morgan fingerprint density at radius 3 is 3.05 bits per heavy atom. The molecule has 0 aromatic carbocycles. The van der Waals surface area contributed by atoms with Gasteiger partial charge in [0.1, 0.15) is 0 Å². The molecule has 1 aliphatic heterocycles. The topological polar surface area (TPSA) is 37.4 Å². The van der Waals surface area contributed by atoms with E-state index in [2.05, 4.69) is 29.0 Å². The number of methoxy groups -OCH3 is 1. The molecule has 2 rings (SSSR count). The van der Waals surface area contributed by atoms with Gasteiger partial charge in [-0.3, -0.25) is 0 Å². The monoisotopic (exact) mass is 311 g/mol. The number of thiazole rings is 1. The maximum Gasteiger partial charge on any atom is 0.185 e. The first-order valence-electron chi connectivity index (χ1n) is 8.10. The van der Waals surface area contributed by atoms with Crippen LogP contribution in [0.15, 0.2) is 6.20 Å². The summed E-state index contributed by atoms with van der Waals surface area (Å²) in [5.41, 5.74) is 0. The van der Waals surface area contributed by atoms with E-state index in [9.17, 15) is 0 Å². The van der Waals surface area contributed by atoms with Gasteiger partial charge in [0.05, 0.1) is 6.61 Å². The average Bonchev–Trinajstić information content (AvgIpc) is 2.79. The molecule has 1 N–H and O–H groups in total. The number of hydrogen-bond acceptors (Lipinski definition) is 5. The summed E-state index contributed by atoms with van der Waals surface area (Å²) < 4.78 is 5.04. The molecule has 0 radical (unpaired) electrons. The normalized spacial score (nSPS) is 20.0. The van der Waals surface area contributed by atoms with E-state index in [-0.39, 0.29) is 0 Å². The fourth-order valence-corrected chi connectivity index (χ4v) is 3.82. The number of rotatable bonds is 7. The Bertz CT molecular complexity index is 408. The predicted octanol–water partition coefficient (Wildman–Crippen LogP) is 3.14. The molecule has 4 nitrogen and oxygen atoms in total. The summed E-state index contributed by atoms with van der Waals surface area (Å²) in [7, 11) is 1.73. The van der Waals surface area contributed by atoms with Gasteiger partial charge in [-0.1, -0.05) is 13.8 Å². The highest BCUT2D eigenvalue weighted by molar-refractivity contribution is 7.15. The minimum Gasteiger partial charge on any atom is -0.383 e. The van der Waals surface area contributed by atoms with Crippen LogP contribution in [0.25, 0.3) is 0 Å². The maximum absolute atomic E-state index is 5.04. The summed E-state index contributed by atoms with van der Waals surface area (Å²) in [6.45, 7) is 9.57. The molecule has 1 atom stereocenters. The molecule has 5 heteroatoms. The summed E-state index contributed by atoms with van der Waals surface area (Å²) in [6.07, 6.45) is 5.98. The Balaban J connectivity index is 1.83. The highest BCUT2D eigenvalue weighted by Crippen LogP contribution is 2.29. The number of nitrogens with zero attached hydrogens (tertiary/aromatic N) is 2. The highest BCUT2D eigenvalue weighted by atomic mass is 32.1. The van der Waals surface area contributed by atoms with E-state index in [0.29, 0.717) is 0 Å². The Hall–Kier alpha value is -0.650. The molecule has 1 aromatic rings. The van der Waals surface area contributed by atoms with Crippen molar-refractivity contribution in [2.75, 3.05) is 38.3 Å². The number of aromatic nitrogens is 1. The van der Waals surface area contributed by atoms with Crippen LogP contribution in [0.4, 0.5) is 5.13 Å². The average molecular weight is 311 g/mol. The first-order chi connectivity index (χ1) is 10.2. The molecule has 2 heterocycles. The highest BCUT2D eigenvalue weighted by Gasteiger charge is 2.21. The van der Waals surface area contributed by atoms with Crippen LogP contribution in [0, 0.1) is 11.8 Å². The van der Waals surface area contributed by atoms with Crippen molar-refractivity contribution in [3.05, 3.63) is 11.1 Å². The van der Waals surface area contributed by atoms with E-state index < -0.39 is 0 Å². The van der Waals surface area contributed by atoms with Gasteiger partial charge in [-0.05, 0) is 31.1 Å². The third kappa shape index (κ3) is 5.24. The van der Waals surface area contributed by atoms with Crippen molar-refractivity contribution in [2.24, 2.45) is 11.8 Å². The predicted molar refractivity (Wildman–Crippen MR) is 90.1 cm³/mol. The molecule has 0 bridgehead atoms. The van der Waals surface area contributed by atoms with Crippen molar-refractivity contribution in [1.82, 2.24) is 10.3 Å². The first kappa shape index (κ1) is 16.7. The largest absolute Gasteiger partial charge is 0.383 e. The van der Waals surface area contributed by atoms with Gasteiger partial charge in [0.15, 0.2) is 5.13 Å². The molecule has 1 aliphatic rings. The van der Waals surface area contributed by atoms with E-state index >= 15 is 0 Å². The maximum atomic E-state index is 5.04. The Morgan fingerprint density at radius 1 is 1.43 bits per heavy atom. The first-order valence-corrected chi connectivity index (χ1v) is 8.91. The van der Waals surface area contributed by atoms with E-state index in [1.54, 1.807) is 7.11 Å². The zero-order valence-corrected chi connectivity index (χ0v) is 14.4. The molecule has 1 fully saturated rings. The summed E-state index contributed by atoms with van der Waals surface area (Å²) in [6, 6.07) is 0.